The van der Waals surface area contributed by atoms with Gasteiger partial charge in [-0.3, -0.25) is 4.79 Å². The van der Waals surface area contributed by atoms with Gasteiger partial charge in [0.25, 0.3) is 0 Å². The van der Waals surface area contributed by atoms with Crippen molar-refractivity contribution in [1.82, 2.24) is 0 Å². The number of hydrogen-bond acceptors (Lipinski definition) is 4. The number of aryl methyl sites for hydroxylation is 1. The number of benzene rings is 1. The molecule has 0 bridgehead atoms. The van der Waals surface area contributed by atoms with Gasteiger partial charge in [0.15, 0.2) is 11.5 Å². The number of carboxylic acid groups (broad SMARTS) is 1. The Labute approximate surface area is 100 Å². The van der Waals surface area contributed by atoms with E-state index in [0.29, 0.717) is 11.5 Å². The molecule has 1 unspecified atom stereocenters. The van der Waals surface area contributed by atoms with Gasteiger partial charge in [-0.15, -0.1) is 0 Å². The zero-order chi connectivity index (χ0) is 13.0. The van der Waals surface area contributed by atoms with Crippen molar-refractivity contribution in [3.8, 4) is 11.5 Å². The van der Waals surface area contributed by atoms with Gasteiger partial charge in [-0.2, -0.15) is 0 Å². The van der Waals surface area contributed by atoms with Crippen LogP contribution in [-0.4, -0.2) is 31.3 Å². The summed E-state index contributed by atoms with van der Waals surface area (Å²) in [5.74, 6) is 0.124. The Balaban J connectivity index is 3.12. The molecule has 0 aromatic heterocycles. The van der Waals surface area contributed by atoms with Crippen LogP contribution in [0.25, 0.3) is 0 Å². The highest BCUT2D eigenvalue weighted by molar-refractivity contribution is 5.74. The Morgan fingerprint density at radius 1 is 1.35 bits per heavy atom. The van der Waals surface area contributed by atoms with Gasteiger partial charge in [0.2, 0.25) is 0 Å². The maximum absolute atomic E-state index is 10.7. The van der Waals surface area contributed by atoms with E-state index < -0.39 is 12.0 Å². The number of nitrogens with two attached hydrogens (primary N) is 1. The first-order chi connectivity index (χ1) is 8.01. The van der Waals surface area contributed by atoms with Gasteiger partial charge in [0, 0.05) is 12.0 Å². The summed E-state index contributed by atoms with van der Waals surface area (Å²) in [6, 6.07) is 2.71. The lowest BCUT2D eigenvalue weighted by molar-refractivity contribution is -0.138. The Kier molecular flexibility index (Phi) is 4.34. The van der Waals surface area contributed by atoms with Crippen molar-refractivity contribution in [3.05, 3.63) is 23.3 Å². The average Bonchev–Trinajstić information content (AvgIpc) is 2.30. The number of carboxylic acids is 1. The number of aliphatic carboxylic acids is 1. The Hall–Kier alpha value is -1.75. The molecule has 0 aliphatic heterocycles. The monoisotopic (exact) mass is 239 g/mol. The molecule has 0 heterocycles. The fourth-order valence-corrected chi connectivity index (χ4v) is 1.66. The van der Waals surface area contributed by atoms with Crippen LogP contribution >= 0.6 is 0 Å². The zero-order valence-corrected chi connectivity index (χ0v) is 10.2. The summed E-state index contributed by atoms with van der Waals surface area (Å²) in [5, 5.41) is 8.79. The first-order valence-electron chi connectivity index (χ1n) is 5.20. The molecule has 3 N–H and O–H groups in total. The molecule has 1 rings (SSSR count). The van der Waals surface area contributed by atoms with Gasteiger partial charge in [-0.25, -0.2) is 0 Å². The fraction of sp³-hybridized carbons (Fsp3) is 0.417. The van der Waals surface area contributed by atoms with Crippen molar-refractivity contribution in [2.24, 2.45) is 5.73 Å². The molecule has 1 atom stereocenters. The van der Waals surface area contributed by atoms with Crippen LogP contribution in [0.15, 0.2) is 12.1 Å². The van der Waals surface area contributed by atoms with E-state index in [2.05, 4.69) is 0 Å². The van der Waals surface area contributed by atoms with Crippen LogP contribution in [0, 0.1) is 6.92 Å². The fourth-order valence-electron chi connectivity index (χ4n) is 1.66. The zero-order valence-electron chi connectivity index (χ0n) is 10.2. The quantitative estimate of drug-likeness (QED) is 0.800. The highest BCUT2D eigenvalue weighted by Crippen LogP contribution is 2.34. The van der Waals surface area contributed by atoms with Crippen LogP contribution in [-0.2, 0) is 11.2 Å². The Morgan fingerprint density at radius 2 is 1.94 bits per heavy atom. The van der Waals surface area contributed by atoms with Gasteiger partial charge >= 0.3 is 5.97 Å². The number of ether oxygens (including phenoxy) is 2. The van der Waals surface area contributed by atoms with Gasteiger partial charge < -0.3 is 20.3 Å². The molecule has 5 heteroatoms. The lowest BCUT2D eigenvalue weighted by Crippen LogP contribution is -2.32. The molecule has 0 aliphatic carbocycles. The SMILES string of the molecule is COc1c(C)ccc(CC(N)C(=O)O)c1OC. The third-order valence-electron chi connectivity index (χ3n) is 2.56. The molecule has 0 saturated carbocycles. The first-order valence-corrected chi connectivity index (χ1v) is 5.20. The molecule has 0 aliphatic rings. The van der Waals surface area contributed by atoms with Crippen LogP contribution in [0.1, 0.15) is 11.1 Å². The van der Waals surface area contributed by atoms with Crippen molar-refractivity contribution >= 4 is 5.97 Å². The predicted octanol–water partition coefficient (Wildman–Crippen LogP) is 0.967. The lowest BCUT2D eigenvalue weighted by atomic mass is 10.0. The summed E-state index contributed by atoms with van der Waals surface area (Å²) in [7, 11) is 3.07. The van der Waals surface area contributed by atoms with Gasteiger partial charge in [-0.05, 0) is 12.5 Å². The van der Waals surface area contributed by atoms with Crippen molar-refractivity contribution in [3.63, 3.8) is 0 Å². The molecule has 0 radical (unpaired) electrons. The summed E-state index contributed by atoms with van der Waals surface area (Å²) >= 11 is 0. The maximum Gasteiger partial charge on any atom is 0.320 e. The molecule has 0 spiro atoms. The summed E-state index contributed by atoms with van der Waals surface area (Å²) in [6.45, 7) is 1.89. The summed E-state index contributed by atoms with van der Waals surface area (Å²) in [4.78, 5) is 10.7. The molecule has 1 aromatic rings. The summed E-state index contributed by atoms with van der Waals surface area (Å²) in [6.07, 6.45) is 0.204. The van der Waals surface area contributed by atoms with E-state index in [4.69, 9.17) is 20.3 Å². The van der Waals surface area contributed by atoms with Crippen molar-refractivity contribution in [1.29, 1.82) is 0 Å². The van der Waals surface area contributed by atoms with E-state index in [9.17, 15) is 4.79 Å². The maximum atomic E-state index is 10.7. The highest BCUT2D eigenvalue weighted by Gasteiger charge is 2.18. The molecular weight excluding hydrogens is 222 g/mol. The van der Waals surface area contributed by atoms with Crippen molar-refractivity contribution in [2.75, 3.05) is 14.2 Å². The molecule has 0 amide bonds. The topological polar surface area (TPSA) is 81.8 Å². The second-order valence-electron chi connectivity index (χ2n) is 3.76. The normalized spacial score (nSPS) is 12.0. The van der Waals surface area contributed by atoms with Crippen LogP contribution < -0.4 is 15.2 Å². The standard InChI is InChI=1S/C12H17NO4/c1-7-4-5-8(6-9(13)12(14)15)11(17-3)10(7)16-2/h4-5,9H,6,13H2,1-3H3,(H,14,15). The molecule has 0 fully saturated rings. The predicted molar refractivity (Wildman–Crippen MR) is 63.6 cm³/mol. The molecule has 1 aromatic carbocycles. The average molecular weight is 239 g/mol. The molecule has 17 heavy (non-hydrogen) atoms. The Morgan fingerprint density at radius 3 is 2.41 bits per heavy atom. The van der Waals surface area contributed by atoms with Crippen LogP contribution in [0.5, 0.6) is 11.5 Å². The highest BCUT2D eigenvalue weighted by atomic mass is 16.5. The van der Waals surface area contributed by atoms with E-state index in [1.54, 1.807) is 13.2 Å². The molecule has 5 nitrogen and oxygen atoms in total. The third-order valence-corrected chi connectivity index (χ3v) is 2.56. The number of methoxy groups -OCH3 is 2. The number of carbonyl (C=O) groups is 1. The van der Waals surface area contributed by atoms with Crippen molar-refractivity contribution in [2.45, 2.75) is 19.4 Å². The first kappa shape index (κ1) is 13.3. The second kappa shape index (κ2) is 5.54. The summed E-state index contributed by atoms with van der Waals surface area (Å²) < 4.78 is 10.5. The smallest absolute Gasteiger partial charge is 0.320 e. The van der Waals surface area contributed by atoms with Crippen LogP contribution in [0.3, 0.4) is 0 Å². The van der Waals surface area contributed by atoms with Gasteiger partial charge in [0.05, 0.1) is 14.2 Å². The number of hydrogen-bond donors (Lipinski definition) is 2. The van der Waals surface area contributed by atoms with Crippen LogP contribution in [0.4, 0.5) is 0 Å². The minimum atomic E-state index is -1.04. The van der Waals surface area contributed by atoms with E-state index in [1.807, 2.05) is 13.0 Å². The second-order valence-corrected chi connectivity index (χ2v) is 3.76. The largest absolute Gasteiger partial charge is 0.493 e. The van der Waals surface area contributed by atoms with E-state index >= 15 is 0 Å². The summed E-state index contributed by atoms with van der Waals surface area (Å²) in [5.41, 5.74) is 7.16. The molecule has 0 saturated heterocycles. The van der Waals surface area contributed by atoms with Crippen molar-refractivity contribution < 1.29 is 19.4 Å². The minimum Gasteiger partial charge on any atom is -0.493 e. The molecule has 94 valence electrons. The minimum absolute atomic E-state index is 0.204. The number of rotatable bonds is 5. The van der Waals surface area contributed by atoms with Gasteiger partial charge in [-0.1, -0.05) is 12.1 Å². The van der Waals surface area contributed by atoms with Crippen LogP contribution in [0.2, 0.25) is 0 Å². The van der Waals surface area contributed by atoms with E-state index in [0.717, 1.165) is 11.1 Å². The Bertz CT molecular complexity index is 417. The molecular formula is C12H17NO4. The third kappa shape index (κ3) is 2.88. The van der Waals surface area contributed by atoms with E-state index in [1.165, 1.54) is 7.11 Å². The van der Waals surface area contributed by atoms with Gasteiger partial charge in [0.1, 0.15) is 6.04 Å². The van der Waals surface area contributed by atoms with E-state index in [-0.39, 0.29) is 6.42 Å². The lowest BCUT2D eigenvalue weighted by Gasteiger charge is -2.16.